The van der Waals surface area contributed by atoms with E-state index >= 15 is 0 Å². The predicted octanol–water partition coefficient (Wildman–Crippen LogP) is -2.86. The van der Waals surface area contributed by atoms with Crippen molar-refractivity contribution in [1.29, 1.82) is 0 Å². The van der Waals surface area contributed by atoms with Crippen molar-refractivity contribution in [3.05, 3.63) is 0 Å². The number of hydrogen-bond donors (Lipinski definition) is 5. The molecule has 6 nitrogen and oxygen atoms in total. The molecule has 0 saturated carbocycles. The van der Waals surface area contributed by atoms with Crippen molar-refractivity contribution in [3.8, 4) is 0 Å². The second kappa shape index (κ2) is 4.32. The zero-order valence-corrected chi connectivity index (χ0v) is 7.08. The minimum absolute atomic E-state index is 0.275. The second-order valence-corrected chi connectivity index (χ2v) is 3.11. The van der Waals surface area contributed by atoms with Crippen LogP contribution < -0.4 is 5.73 Å². The molecule has 0 aliphatic carbocycles. The Kier molecular flexibility index (Phi) is 3.60. The number of ether oxygens (including phenoxy) is 1. The first-order chi connectivity index (χ1) is 6.07. The van der Waals surface area contributed by atoms with E-state index in [9.17, 15) is 10.2 Å². The average molecular weight is 193 g/mol. The van der Waals surface area contributed by atoms with Crippen LogP contribution in [0.4, 0.5) is 0 Å². The minimum Gasteiger partial charge on any atom is -0.388 e. The molecule has 1 unspecified atom stereocenters. The van der Waals surface area contributed by atoms with E-state index < -0.39 is 30.7 Å². The summed E-state index contributed by atoms with van der Waals surface area (Å²) < 4.78 is 4.84. The Morgan fingerprint density at radius 2 is 1.62 bits per heavy atom. The van der Waals surface area contributed by atoms with Gasteiger partial charge in [0, 0.05) is 0 Å². The molecule has 1 aliphatic heterocycles. The van der Waals surface area contributed by atoms with E-state index in [1.165, 1.54) is 0 Å². The minimum atomic E-state index is -1.47. The van der Waals surface area contributed by atoms with Crippen molar-refractivity contribution in [1.82, 2.24) is 0 Å². The quantitative estimate of drug-likeness (QED) is 0.322. The zero-order chi connectivity index (χ0) is 10.0. The Labute approximate surface area is 75.6 Å². The zero-order valence-electron chi connectivity index (χ0n) is 7.08. The van der Waals surface area contributed by atoms with Crippen LogP contribution in [0.25, 0.3) is 0 Å². The summed E-state index contributed by atoms with van der Waals surface area (Å²) in [7, 11) is 0. The molecule has 0 amide bonds. The van der Waals surface area contributed by atoms with Crippen molar-refractivity contribution in [2.75, 3.05) is 6.54 Å². The highest BCUT2D eigenvalue weighted by Gasteiger charge is 2.42. The molecule has 78 valence electrons. The monoisotopic (exact) mass is 193 g/mol. The summed E-state index contributed by atoms with van der Waals surface area (Å²) in [5.41, 5.74) is 5.23. The van der Waals surface area contributed by atoms with Gasteiger partial charge < -0.3 is 30.9 Å². The first-order valence-electron chi connectivity index (χ1n) is 4.15. The smallest absolute Gasteiger partial charge is 0.183 e. The van der Waals surface area contributed by atoms with Crippen LogP contribution >= 0.6 is 0 Å². The van der Waals surface area contributed by atoms with E-state index in [1.54, 1.807) is 0 Å². The molecule has 0 radical (unpaired) electrons. The maximum absolute atomic E-state index is 9.36. The molecule has 1 rings (SSSR count). The lowest BCUT2D eigenvalue weighted by Crippen LogP contribution is -2.57. The van der Waals surface area contributed by atoms with Gasteiger partial charge in [0.05, 0.1) is 6.10 Å². The van der Waals surface area contributed by atoms with E-state index in [4.69, 9.17) is 20.7 Å². The number of hydrogen-bond acceptors (Lipinski definition) is 6. The normalized spacial score (nSPS) is 46.4. The molecule has 1 aliphatic rings. The highest BCUT2D eigenvalue weighted by atomic mass is 16.6. The van der Waals surface area contributed by atoms with E-state index in [-0.39, 0.29) is 6.54 Å². The summed E-state index contributed by atoms with van der Waals surface area (Å²) in [4.78, 5) is 0. The van der Waals surface area contributed by atoms with Gasteiger partial charge in [0.15, 0.2) is 6.29 Å². The Bertz CT molecular complexity index is 167. The summed E-state index contributed by atoms with van der Waals surface area (Å²) in [5.74, 6) is 0. The first kappa shape index (κ1) is 10.8. The van der Waals surface area contributed by atoms with Gasteiger partial charge in [0.1, 0.15) is 18.3 Å². The number of nitrogens with two attached hydrogens (primary N) is 1. The van der Waals surface area contributed by atoms with E-state index in [0.29, 0.717) is 6.42 Å². The molecule has 1 heterocycles. The maximum Gasteiger partial charge on any atom is 0.183 e. The molecule has 0 bridgehead atoms. The van der Waals surface area contributed by atoms with Gasteiger partial charge in [0.25, 0.3) is 0 Å². The highest BCUT2D eigenvalue weighted by molar-refractivity contribution is 4.88. The largest absolute Gasteiger partial charge is 0.388 e. The van der Waals surface area contributed by atoms with Crippen LogP contribution in [0.15, 0.2) is 0 Å². The van der Waals surface area contributed by atoms with Crippen LogP contribution in [-0.2, 0) is 4.74 Å². The molecule has 0 aromatic rings. The SMILES string of the molecule is NCC[C@H]1OC(O)[C@@H](O)[C@@H](O)[C@@H]1O. The fraction of sp³-hybridized carbons (Fsp3) is 1.00. The predicted molar refractivity (Wildman–Crippen MR) is 42.6 cm³/mol. The molecule has 0 aromatic heterocycles. The van der Waals surface area contributed by atoms with Crippen LogP contribution in [0.5, 0.6) is 0 Å². The lowest BCUT2D eigenvalue weighted by Gasteiger charge is -2.38. The van der Waals surface area contributed by atoms with Crippen molar-refractivity contribution < 1.29 is 25.2 Å². The van der Waals surface area contributed by atoms with Gasteiger partial charge in [0.2, 0.25) is 0 Å². The van der Waals surface area contributed by atoms with Gasteiger partial charge in [-0.1, -0.05) is 0 Å². The lowest BCUT2D eigenvalue weighted by molar-refractivity contribution is -0.282. The Hall–Kier alpha value is -0.240. The topological polar surface area (TPSA) is 116 Å². The third-order valence-electron chi connectivity index (χ3n) is 2.14. The lowest BCUT2D eigenvalue weighted by atomic mass is 9.97. The van der Waals surface area contributed by atoms with Gasteiger partial charge in [-0.25, -0.2) is 0 Å². The van der Waals surface area contributed by atoms with E-state index in [1.807, 2.05) is 0 Å². The molecule has 6 heteroatoms. The maximum atomic E-state index is 9.36. The van der Waals surface area contributed by atoms with Crippen LogP contribution in [0.1, 0.15) is 6.42 Å². The molecule has 6 N–H and O–H groups in total. The molecule has 0 aromatic carbocycles. The summed E-state index contributed by atoms with van der Waals surface area (Å²) in [6.07, 6.45) is -5.93. The second-order valence-electron chi connectivity index (χ2n) is 3.11. The van der Waals surface area contributed by atoms with E-state index in [0.717, 1.165) is 0 Å². The summed E-state index contributed by atoms with van der Waals surface area (Å²) in [6.45, 7) is 0.275. The fourth-order valence-corrected chi connectivity index (χ4v) is 1.33. The molecular formula is C7H15NO5. The van der Waals surface area contributed by atoms with Gasteiger partial charge >= 0.3 is 0 Å². The summed E-state index contributed by atoms with van der Waals surface area (Å²) >= 11 is 0. The fourth-order valence-electron chi connectivity index (χ4n) is 1.33. The molecular weight excluding hydrogens is 178 g/mol. The number of aliphatic hydroxyl groups excluding tert-OH is 4. The molecule has 1 saturated heterocycles. The third-order valence-corrected chi connectivity index (χ3v) is 2.14. The molecule has 0 spiro atoms. The third kappa shape index (κ3) is 2.16. The first-order valence-corrected chi connectivity index (χ1v) is 4.15. The standard InChI is InChI=1S/C7H15NO5/c8-2-1-3-4(9)5(10)6(11)7(12)13-3/h3-7,9-12H,1-2,8H2/t3-,4-,5+,6+,7?/m1/s1. The summed E-state index contributed by atoms with van der Waals surface area (Å²) in [6, 6.07) is 0. The van der Waals surface area contributed by atoms with Gasteiger partial charge in [-0.2, -0.15) is 0 Å². The summed E-state index contributed by atoms with van der Waals surface area (Å²) in [5, 5.41) is 36.8. The van der Waals surface area contributed by atoms with Crippen molar-refractivity contribution in [3.63, 3.8) is 0 Å². The van der Waals surface area contributed by atoms with Gasteiger partial charge in [-0.05, 0) is 13.0 Å². The Morgan fingerprint density at radius 1 is 1.00 bits per heavy atom. The van der Waals surface area contributed by atoms with Crippen molar-refractivity contribution in [2.24, 2.45) is 5.73 Å². The molecule has 5 atom stereocenters. The van der Waals surface area contributed by atoms with Crippen molar-refractivity contribution in [2.45, 2.75) is 37.1 Å². The van der Waals surface area contributed by atoms with Crippen LogP contribution in [0.2, 0.25) is 0 Å². The number of rotatable bonds is 2. The number of aliphatic hydroxyl groups is 4. The molecule has 1 fully saturated rings. The van der Waals surface area contributed by atoms with E-state index in [2.05, 4.69) is 0 Å². The average Bonchev–Trinajstić information content (AvgIpc) is 2.11. The van der Waals surface area contributed by atoms with Gasteiger partial charge in [-0.15, -0.1) is 0 Å². The molecule has 13 heavy (non-hydrogen) atoms. The van der Waals surface area contributed by atoms with Gasteiger partial charge in [-0.3, -0.25) is 0 Å². The van der Waals surface area contributed by atoms with Crippen LogP contribution in [-0.4, -0.2) is 57.7 Å². The Balaban J connectivity index is 2.59. The highest BCUT2D eigenvalue weighted by Crippen LogP contribution is 2.21. The Morgan fingerprint density at radius 3 is 2.15 bits per heavy atom. The van der Waals surface area contributed by atoms with Crippen molar-refractivity contribution >= 4 is 0 Å². The van der Waals surface area contributed by atoms with Crippen LogP contribution in [0, 0.1) is 0 Å². The van der Waals surface area contributed by atoms with Crippen LogP contribution in [0.3, 0.4) is 0 Å².